The third kappa shape index (κ3) is 4.84. The highest BCUT2D eigenvalue weighted by Gasteiger charge is 2.23. The summed E-state index contributed by atoms with van der Waals surface area (Å²) in [6.07, 6.45) is 19.5. The maximum Gasteiger partial charge on any atom is 0.144 e. The molecule has 1 aromatic heterocycles. The first-order chi connectivity index (χ1) is 12.7. The summed E-state index contributed by atoms with van der Waals surface area (Å²) in [6.45, 7) is 5.06. The van der Waals surface area contributed by atoms with E-state index in [0.29, 0.717) is 11.9 Å². The number of rotatable bonds is 7. The van der Waals surface area contributed by atoms with E-state index < -0.39 is 0 Å². The fourth-order valence-corrected chi connectivity index (χ4v) is 3.12. The molecule has 138 valence electrons. The Bertz CT molecular complexity index is 847. The number of amidine groups is 1. The summed E-state index contributed by atoms with van der Waals surface area (Å²) in [6, 6.07) is 2.66. The Morgan fingerprint density at radius 2 is 2.27 bits per heavy atom. The molecule has 0 amide bonds. The number of aromatic nitrogens is 1. The Hall–Kier alpha value is -2.36. The Morgan fingerprint density at radius 3 is 3.00 bits per heavy atom. The van der Waals surface area contributed by atoms with Crippen molar-refractivity contribution in [3.05, 3.63) is 46.8 Å². The Morgan fingerprint density at radius 1 is 1.42 bits per heavy atom. The number of aliphatic imine (C=N–C) groups is 1. The maximum atomic E-state index is 8.22. The average Bonchev–Trinajstić information content (AvgIpc) is 3.39. The van der Waals surface area contributed by atoms with E-state index in [2.05, 4.69) is 66.4 Å². The molecule has 1 aromatic rings. The second kappa shape index (κ2) is 8.84. The normalized spacial score (nSPS) is 19.0. The van der Waals surface area contributed by atoms with Crippen LogP contribution in [0.15, 0.2) is 41.2 Å². The summed E-state index contributed by atoms with van der Waals surface area (Å²) in [7, 11) is 0. The molecule has 1 saturated carbocycles. The third-order valence-corrected chi connectivity index (χ3v) is 4.78. The second-order valence-corrected chi connectivity index (χ2v) is 7.06. The molecule has 0 unspecified atom stereocenters. The van der Waals surface area contributed by atoms with Gasteiger partial charge >= 0.3 is 0 Å². The van der Waals surface area contributed by atoms with Gasteiger partial charge in [0.15, 0.2) is 0 Å². The second-order valence-electron chi connectivity index (χ2n) is 7.06. The van der Waals surface area contributed by atoms with Crippen molar-refractivity contribution < 1.29 is 0 Å². The fraction of sp³-hybridized carbons (Fsp3) is 0.455. The van der Waals surface area contributed by atoms with Gasteiger partial charge in [-0.05, 0) is 56.4 Å². The van der Waals surface area contributed by atoms with E-state index in [4.69, 9.17) is 10.4 Å². The molecule has 26 heavy (non-hydrogen) atoms. The zero-order valence-electron chi connectivity index (χ0n) is 16.0. The summed E-state index contributed by atoms with van der Waals surface area (Å²) in [5.74, 6) is 0.481. The first-order valence-corrected chi connectivity index (χ1v) is 9.81. The van der Waals surface area contributed by atoms with Gasteiger partial charge in [0.2, 0.25) is 0 Å². The van der Waals surface area contributed by atoms with Crippen molar-refractivity contribution in [1.82, 2.24) is 9.88 Å². The van der Waals surface area contributed by atoms with Crippen LogP contribution in [0.5, 0.6) is 0 Å². The molecule has 2 N–H and O–H groups in total. The van der Waals surface area contributed by atoms with Gasteiger partial charge in [-0.2, -0.15) is 0 Å². The molecule has 4 nitrogen and oxygen atoms in total. The molecule has 2 heterocycles. The molecule has 3 rings (SSSR count). The number of allylic oxidation sites excluding steroid dienone is 3. The summed E-state index contributed by atoms with van der Waals surface area (Å²) < 4.78 is 2.27. The molecule has 1 fully saturated rings. The molecule has 2 aliphatic rings. The molecule has 0 bridgehead atoms. The zero-order valence-corrected chi connectivity index (χ0v) is 16.0. The predicted octanol–water partition coefficient (Wildman–Crippen LogP) is 3.27. The van der Waals surface area contributed by atoms with Crippen molar-refractivity contribution in [1.29, 1.82) is 5.41 Å². The number of nitrogens with zero attached hydrogens (tertiary/aromatic N) is 2. The molecule has 1 aliphatic carbocycles. The van der Waals surface area contributed by atoms with Crippen molar-refractivity contribution in [3.8, 4) is 0 Å². The van der Waals surface area contributed by atoms with Crippen LogP contribution >= 0.6 is 0 Å². The summed E-state index contributed by atoms with van der Waals surface area (Å²) in [5, 5.41) is 13.9. The van der Waals surface area contributed by atoms with Crippen LogP contribution in [-0.4, -0.2) is 22.2 Å². The molecular formula is C22H30N4. The fourth-order valence-electron chi connectivity index (χ4n) is 3.12. The van der Waals surface area contributed by atoms with Gasteiger partial charge in [0.05, 0.1) is 6.54 Å². The lowest BCUT2D eigenvalue weighted by atomic mass is 10.1. The highest BCUT2D eigenvalue weighted by molar-refractivity contribution is 6.00. The lowest BCUT2D eigenvalue weighted by Gasteiger charge is -2.15. The Balaban J connectivity index is 1.78. The molecule has 0 aromatic carbocycles. The van der Waals surface area contributed by atoms with Gasteiger partial charge in [-0.25, -0.2) is 0 Å². The van der Waals surface area contributed by atoms with E-state index in [0.717, 1.165) is 37.2 Å². The van der Waals surface area contributed by atoms with Crippen LogP contribution in [0.25, 0.3) is 12.2 Å². The molecule has 0 spiro atoms. The number of hydrogen-bond donors (Lipinski definition) is 2. The van der Waals surface area contributed by atoms with E-state index in [1.54, 1.807) is 0 Å². The van der Waals surface area contributed by atoms with Gasteiger partial charge in [0.1, 0.15) is 11.5 Å². The van der Waals surface area contributed by atoms with Crippen LogP contribution in [0.3, 0.4) is 0 Å². The molecular weight excluding hydrogens is 320 g/mol. The van der Waals surface area contributed by atoms with E-state index in [1.165, 1.54) is 29.8 Å². The Kier molecular flexibility index (Phi) is 6.26. The number of unbranched alkanes of at least 4 members (excludes halogenated alkanes) is 1. The SMILES string of the molecule is C/C=c1/ccn(CC2=NC(C(=N)NC3CC3)=CCC2)/c1=C/C=C\CCC. The van der Waals surface area contributed by atoms with Crippen LogP contribution in [-0.2, 0) is 6.54 Å². The first kappa shape index (κ1) is 18.4. The minimum atomic E-state index is 0.481. The van der Waals surface area contributed by atoms with Gasteiger partial charge < -0.3 is 9.88 Å². The average molecular weight is 351 g/mol. The molecule has 0 atom stereocenters. The van der Waals surface area contributed by atoms with E-state index >= 15 is 0 Å². The molecule has 1 aliphatic heterocycles. The monoisotopic (exact) mass is 350 g/mol. The van der Waals surface area contributed by atoms with Crippen LogP contribution in [0.2, 0.25) is 0 Å². The van der Waals surface area contributed by atoms with Gasteiger partial charge in [-0.1, -0.05) is 37.6 Å². The zero-order chi connectivity index (χ0) is 18.4. The van der Waals surface area contributed by atoms with Gasteiger partial charge in [0, 0.05) is 23.3 Å². The summed E-state index contributed by atoms with van der Waals surface area (Å²) in [4.78, 5) is 4.77. The smallest absolute Gasteiger partial charge is 0.144 e. The third-order valence-electron chi connectivity index (χ3n) is 4.78. The molecule has 0 radical (unpaired) electrons. The van der Waals surface area contributed by atoms with Crippen molar-refractivity contribution in [2.45, 2.75) is 65.0 Å². The lowest BCUT2D eigenvalue weighted by Crippen LogP contribution is -2.31. The summed E-state index contributed by atoms with van der Waals surface area (Å²) >= 11 is 0. The minimum absolute atomic E-state index is 0.481. The maximum absolute atomic E-state index is 8.22. The Labute approximate surface area is 156 Å². The largest absolute Gasteiger partial charge is 0.366 e. The van der Waals surface area contributed by atoms with E-state index in [9.17, 15) is 0 Å². The highest BCUT2D eigenvalue weighted by Crippen LogP contribution is 2.20. The lowest BCUT2D eigenvalue weighted by molar-refractivity contribution is 0.801. The highest BCUT2D eigenvalue weighted by atomic mass is 15.0. The predicted molar refractivity (Wildman–Crippen MR) is 111 cm³/mol. The number of hydrogen-bond acceptors (Lipinski definition) is 2. The molecule has 4 heteroatoms. The van der Waals surface area contributed by atoms with Crippen LogP contribution in [0.4, 0.5) is 0 Å². The van der Waals surface area contributed by atoms with Crippen molar-refractivity contribution in [2.24, 2.45) is 4.99 Å². The minimum Gasteiger partial charge on any atom is -0.366 e. The quantitative estimate of drug-likeness (QED) is 0.575. The van der Waals surface area contributed by atoms with Crippen LogP contribution in [0.1, 0.15) is 52.4 Å². The van der Waals surface area contributed by atoms with Gasteiger partial charge in [-0.15, -0.1) is 0 Å². The van der Waals surface area contributed by atoms with E-state index in [-0.39, 0.29) is 0 Å². The van der Waals surface area contributed by atoms with Crippen molar-refractivity contribution >= 4 is 23.7 Å². The number of nitrogens with one attached hydrogen (secondary N) is 2. The van der Waals surface area contributed by atoms with Crippen LogP contribution in [0, 0.1) is 5.41 Å². The van der Waals surface area contributed by atoms with Crippen LogP contribution < -0.4 is 15.9 Å². The molecule has 0 saturated heterocycles. The van der Waals surface area contributed by atoms with E-state index in [1.807, 2.05) is 0 Å². The van der Waals surface area contributed by atoms with Gasteiger partial charge in [0.25, 0.3) is 0 Å². The van der Waals surface area contributed by atoms with Crippen molar-refractivity contribution in [2.75, 3.05) is 0 Å². The standard InChI is InChI=1S/C22H30N4/c1-3-5-6-7-11-21-17(4-2)14-15-26(21)16-19-9-8-10-20(24-19)22(23)25-18-12-13-18/h4,6-7,10-11,14-15,18H,3,5,8-9,12-13,16H2,1-2H3,(H2,23,25)/b7-6-,17-4-,21-11+. The van der Waals surface area contributed by atoms with Crippen molar-refractivity contribution in [3.63, 3.8) is 0 Å². The topological polar surface area (TPSA) is 53.2 Å². The van der Waals surface area contributed by atoms with Gasteiger partial charge in [-0.3, -0.25) is 10.4 Å². The first-order valence-electron chi connectivity index (χ1n) is 9.81. The summed E-state index contributed by atoms with van der Waals surface area (Å²) in [5.41, 5.74) is 1.95.